The lowest BCUT2D eigenvalue weighted by Gasteiger charge is -2.28. The summed E-state index contributed by atoms with van der Waals surface area (Å²) >= 11 is 1.68. The summed E-state index contributed by atoms with van der Waals surface area (Å²) in [4.78, 5) is 18.5. The standard InChI is InChI=1S/C26H27N5OS/c1-4-19-9-10-22(33-19)20-15-21(27-25(32)23(20)24-28-30-31-29-24)18-7-5-16(6-8-18)17-11-13-26(2,3)14-12-17/h5-11,15H,4,12-14H2,1-3H3,(H,27,32)(H,28,29,30,31). The first-order valence-corrected chi connectivity index (χ1v) is 12.2. The second-order valence-corrected chi connectivity index (χ2v) is 10.5. The van der Waals surface area contributed by atoms with E-state index in [2.05, 4.69) is 88.9 Å². The van der Waals surface area contributed by atoms with Crippen molar-refractivity contribution in [3.8, 4) is 33.1 Å². The van der Waals surface area contributed by atoms with Crippen molar-refractivity contribution < 1.29 is 0 Å². The molecule has 2 N–H and O–H groups in total. The number of rotatable bonds is 5. The van der Waals surface area contributed by atoms with Gasteiger partial charge < -0.3 is 4.98 Å². The second kappa shape index (κ2) is 8.56. The molecule has 168 valence electrons. The van der Waals surface area contributed by atoms with Gasteiger partial charge in [0.2, 0.25) is 5.82 Å². The van der Waals surface area contributed by atoms with Gasteiger partial charge >= 0.3 is 0 Å². The molecule has 0 aliphatic heterocycles. The maximum atomic E-state index is 13.2. The number of nitrogens with one attached hydrogen (secondary N) is 2. The van der Waals surface area contributed by atoms with Gasteiger partial charge in [0, 0.05) is 21.0 Å². The Hall–Kier alpha value is -3.32. The zero-order valence-electron chi connectivity index (χ0n) is 19.1. The average molecular weight is 458 g/mol. The third kappa shape index (κ3) is 4.33. The SMILES string of the molecule is CCc1ccc(-c2cc(-c3ccc(C4=CCC(C)(C)CC4)cc3)[nH]c(=O)c2-c2nn[nH]n2)s1. The lowest BCUT2D eigenvalue weighted by Crippen LogP contribution is -2.14. The number of aromatic amines is 2. The minimum Gasteiger partial charge on any atom is -0.321 e. The van der Waals surface area contributed by atoms with Crippen LogP contribution in [-0.2, 0) is 6.42 Å². The predicted molar refractivity (Wildman–Crippen MR) is 134 cm³/mol. The van der Waals surface area contributed by atoms with Crippen molar-refractivity contribution in [3.63, 3.8) is 0 Å². The number of H-pyrrole nitrogens is 2. The minimum absolute atomic E-state index is 0.225. The van der Waals surface area contributed by atoms with E-state index in [1.807, 2.05) is 6.07 Å². The highest BCUT2D eigenvalue weighted by atomic mass is 32.1. The van der Waals surface area contributed by atoms with Crippen LogP contribution in [-0.4, -0.2) is 25.6 Å². The summed E-state index contributed by atoms with van der Waals surface area (Å²) < 4.78 is 0. The van der Waals surface area contributed by atoms with E-state index in [4.69, 9.17) is 0 Å². The van der Waals surface area contributed by atoms with Crippen LogP contribution in [0.3, 0.4) is 0 Å². The molecule has 6 nitrogen and oxygen atoms in total. The topological polar surface area (TPSA) is 87.3 Å². The Kier molecular flexibility index (Phi) is 5.58. The molecule has 0 spiro atoms. The Balaban J connectivity index is 1.55. The molecule has 0 saturated carbocycles. The van der Waals surface area contributed by atoms with Crippen molar-refractivity contribution in [2.75, 3.05) is 0 Å². The fourth-order valence-corrected chi connectivity index (χ4v) is 5.28. The van der Waals surface area contributed by atoms with E-state index >= 15 is 0 Å². The predicted octanol–water partition coefficient (Wildman–Crippen LogP) is 6.11. The summed E-state index contributed by atoms with van der Waals surface area (Å²) in [5, 5.41) is 14.2. The molecule has 33 heavy (non-hydrogen) atoms. The molecule has 4 aromatic rings. The molecule has 0 bridgehead atoms. The molecule has 1 aliphatic carbocycles. The van der Waals surface area contributed by atoms with Crippen molar-refractivity contribution in [2.45, 2.75) is 46.5 Å². The van der Waals surface area contributed by atoms with Gasteiger partial charge in [0.15, 0.2) is 0 Å². The quantitative estimate of drug-likeness (QED) is 0.379. The van der Waals surface area contributed by atoms with Gasteiger partial charge in [-0.05, 0) is 71.2 Å². The summed E-state index contributed by atoms with van der Waals surface area (Å²) in [5.74, 6) is 0.298. The van der Waals surface area contributed by atoms with Crippen LogP contribution in [0.1, 0.15) is 50.5 Å². The van der Waals surface area contributed by atoms with E-state index in [1.54, 1.807) is 11.3 Å². The normalized spacial score (nSPS) is 15.4. The van der Waals surface area contributed by atoms with Gasteiger partial charge in [-0.25, -0.2) is 0 Å². The number of allylic oxidation sites excluding steroid dienone is 2. The Bertz CT molecular complexity index is 1360. The molecular formula is C26H27N5OS. The van der Waals surface area contributed by atoms with Crippen LogP contribution in [0.5, 0.6) is 0 Å². The Morgan fingerprint density at radius 3 is 2.52 bits per heavy atom. The number of tetrazole rings is 1. The van der Waals surface area contributed by atoms with E-state index < -0.39 is 0 Å². The van der Waals surface area contributed by atoms with Crippen molar-refractivity contribution in [1.82, 2.24) is 25.6 Å². The van der Waals surface area contributed by atoms with Crippen LogP contribution in [0, 0.1) is 5.41 Å². The number of pyridine rings is 1. The average Bonchev–Trinajstić information content (AvgIpc) is 3.51. The lowest BCUT2D eigenvalue weighted by atomic mass is 9.77. The van der Waals surface area contributed by atoms with E-state index in [1.165, 1.54) is 22.4 Å². The number of hydrogen-bond donors (Lipinski definition) is 2. The number of aryl methyl sites for hydroxylation is 1. The van der Waals surface area contributed by atoms with E-state index in [0.29, 0.717) is 16.8 Å². The molecule has 5 rings (SSSR count). The smallest absolute Gasteiger partial charge is 0.260 e. The van der Waals surface area contributed by atoms with Gasteiger partial charge in [-0.15, -0.1) is 21.5 Å². The molecule has 0 amide bonds. The van der Waals surface area contributed by atoms with Crippen molar-refractivity contribution in [1.29, 1.82) is 0 Å². The van der Waals surface area contributed by atoms with Crippen LogP contribution in [0.2, 0.25) is 0 Å². The third-order valence-electron chi connectivity index (χ3n) is 6.42. The first-order chi connectivity index (χ1) is 15.9. The highest BCUT2D eigenvalue weighted by molar-refractivity contribution is 7.15. The Labute approximate surface area is 196 Å². The monoisotopic (exact) mass is 457 g/mol. The van der Waals surface area contributed by atoms with Crippen LogP contribution in [0.15, 0.2) is 53.3 Å². The molecule has 3 heterocycles. The molecule has 0 saturated heterocycles. The van der Waals surface area contributed by atoms with Crippen molar-refractivity contribution in [3.05, 3.63) is 69.3 Å². The number of hydrogen-bond acceptors (Lipinski definition) is 5. The van der Waals surface area contributed by atoms with Crippen LogP contribution >= 0.6 is 11.3 Å². The zero-order chi connectivity index (χ0) is 23.0. The maximum Gasteiger partial charge on any atom is 0.260 e. The molecule has 0 atom stereocenters. The first kappa shape index (κ1) is 21.5. The van der Waals surface area contributed by atoms with Crippen molar-refractivity contribution in [2.24, 2.45) is 5.41 Å². The van der Waals surface area contributed by atoms with Gasteiger partial charge in [-0.3, -0.25) is 4.79 Å². The summed E-state index contributed by atoms with van der Waals surface area (Å²) in [6, 6.07) is 14.7. The van der Waals surface area contributed by atoms with Gasteiger partial charge in [-0.2, -0.15) is 5.21 Å². The second-order valence-electron chi connectivity index (χ2n) is 9.33. The molecule has 1 aromatic carbocycles. The number of benzene rings is 1. The number of aromatic nitrogens is 5. The van der Waals surface area contributed by atoms with E-state index in [-0.39, 0.29) is 5.56 Å². The minimum atomic E-state index is -0.225. The van der Waals surface area contributed by atoms with Gasteiger partial charge in [-0.1, -0.05) is 51.1 Å². The Morgan fingerprint density at radius 2 is 1.88 bits per heavy atom. The fourth-order valence-electron chi connectivity index (χ4n) is 4.31. The number of thiophene rings is 1. The van der Waals surface area contributed by atoms with E-state index in [0.717, 1.165) is 41.0 Å². The molecule has 7 heteroatoms. The van der Waals surface area contributed by atoms with Gasteiger partial charge in [0.1, 0.15) is 0 Å². The summed E-state index contributed by atoms with van der Waals surface area (Å²) in [6.07, 6.45) is 6.74. The van der Waals surface area contributed by atoms with Crippen LogP contribution in [0.25, 0.3) is 38.7 Å². The zero-order valence-corrected chi connectivity index (χ0v) is 19.9. The largest absolute Gasteiger partial charge is 0.321 e. The van der Waals surface area contributed by atoms with Gasteiger partial charge in [0.05, 0.1) is 5.56 Å². The highest BCUT2D eigenvalue weighted by Crippen LogP contribution is 2.39. The lowest BCUT2D eigenvalue weighted by molar-refractivity contribution is 0.335. The first-order valence-electron chi connectivity index (χ1n) is 11.3. The van der Waals surface area contributed by atoms with E-state index in [9.17, 15) is 4.79 Å². The van der Waals surface area contributed by atoms with Gasteiger partial charge in [0.25, 0.3) is 5.56 Å². The maximum absolute atomic E-state index is 13.2. The summed E-state index contributed by atoms with van der Waals surface area (Å²) in [6.45, 7) is 6.78. The third-order valence-corrected chi connectivity index (χ3v) is 7.68. The van der Waals surface area contributed by atoms with Crippen molar-refractivity contribution >= 4 is 16.9 Å². The summed E-state index contributed by atoms with van der Waals surface area (Å²) in [5.41, 5.74) is 5.83. The molecule has 3 aromatic heterocycles. The molecule has 0 radical (unpaired) electrons. The Morgan fingerprint density at radius 1 is 1.09 bits per heavy atom. The molecule has 1 aliphatic rings. The van der Waals surface area contributed by atoms with Crippen LogP contribution < -0.4 is 5.56 Å². The summed E-state index contributed by atoms with van der Waals surface area (Å²) in [7, 11) is 0. The van der Waals surface area contributed by atoms with Crippen LogP contribution in [0.4, 0.5) is 0 Å². The number of nitrogens with zero attached hydrogens (tertiary/aromatic N) is 3. The molecular weight excluding hydrogens is 430 g/mol. The highest BCUT2D eigenvalue weighted by Gasteiger charge is 2.22. The molecule has 0 fully saturated rings. The fraction of sp³-hybridized carbons (Fsp3) is 0.308. The molecule has 0 unspecified atom stereocenters.